The first-order chi connectivity index (χ1) is 11.3. The van der Waals surface area contributed by atoms with E-state index in [4.69, 9.17) is 14.7 Å². The summed E-state index contributed by atoms with van der Waals surface area (Å²) >= 11 is 0. The normalized spacial score (nSPS) is 19.6. The number of nitriles is 1. The molecular weight excluding hydrogens is 308 g/mol. The van der Waals surface area contributed by atoms with Crippen molar-refractivity contribution in [3.05, 3.63) is 23.9 Å². The van der Waals surface area contributed by atoms with Crippen LogP contribution in [0.4, 0.5) is 5.82 Å². The fraction of sp³-hybridized carbons (Fsp3) is 0.588. The molecule has 0 aliphatic carbocycles. The number of pyridine rings is 1. The molecule has 0 unspecified atom stereocenters. The Kier molecular flexibility index (Phi) is 5.75. The quantitative estimate of drug-likeness (QED) is 0.802. The summed E-state index contributed by atoms with van der Waals surface area (Å²) in [5.74, 6) is 0.671. The maximum Gasteiger partial charge on any atom is 0.248 e. The lowest BCUT2D eigenvalue weighted by atomic mass is 10.1. The maximum absolute atomic E-state index is 11.6. The highest BCUT2D eigenvalue weighted by atomic mass is 16.5. The fourth-order valence-corrected chi connectivity index (χ4v) is 2.63. The predicted octanol–water partition coefficient (Wildman–Crippen LogP) is 1.04. The van der Waals surface area contributed by atoms with E-state index in [0.29, 0.717) is 25.4 Å². The zero-order chi connectivity index (χ0) is 17.7. The van der Waals surface area contributed by atoms with Crippen molar-refractivity contribution in [2.75, 3.05) is 45.3 Å². The average Bonchev–Trinajstić information content (AvgIpc) is 2.53. The summed E-state index contributed by atoms with van der Waals surface area (Å²) in [7, 11) is 3.39. The van der Waals surface area contributed by atoms with Gasteiger partial charge in [0.2, 0.25) is 5.91 Å². The number of amides is 1. The van der Waals surface area contributed by atoms with Gasteiger partial charge in [-0.25, -0.2) is 4.98 Å². The number of morpholine rings is 1. The molecule has 0 spiro atoms. The summed E-state index contributed by atoms with van der Waals surface area (Å²) in [5, 5.41) is 9.02. The van der Waals surface area contributed by atoms with Crippen molar-refractivity contribution in [1.29, 1.82) is 5.26 Å². The van der Waals surface area contributed by atoms with Crippen molar-refractivity contribution in [3.8, 4) is 6.07 Å². The van der Waals surface area contributed by atoms with Gasteiger partial charge < -0.3 is 19.3 Å². The van der Waals surface area contributed by atoms with Crippen LogP contribution in [0.1, 0.15) is 19.5 Å². The molecule has 0 aromatic carbocycles. The fourth-order valence-electron chi connectivity index (χ4n) is 2.63. The highest BCUT2D eigenvalue weighted by Crippen LogP contribution is 2.25. The van der Waals surface area contributed by atoms with Gasteiger partial charge >= 0.3 is 0 Å². The standard InChI is InChI=1S/C17H24N4O3/c1-17(2)12-21(15-7-5-6-13(8-18)19-15)9-14(24-17)10-23-11-16(22)20(3)4/h5-7,14H,9-12H2,1-4H3/t14-/m0/s1. The van der Waals surface area contributed by atoms with Gasteiger partial charge in [0.25, 0.3) is 0 Å². The molecule has 130 valence electrons. The van der Waals surface area contributed by atoms with Gasteiger partial charge in [-0.15, -0.1) is 0 Å². The molecule has 0 saturated carbocycles. The van der Waals surface area contributed by atoms with E-state index in [1.807, 2.05) is 26.0 Å². The summed E-state index contributed by atoms with van der Waals surface area (Å²) in [6.45, 7) is 5.65. The highest BCUT2D eigenvalue weighted by molar-refractivity contribution is 5.76. The van der Waals surface area contributed by atoms with E-state index >= 15 is 0 Å². The molecule has 24 heavy (non-hydrogen) atoms. The van der Waals surface area contributed by atoms with Gasteiger partial charge in [-0.05, 0) is 26.0 Å². The Morgan fingerprint density at radius 1 is 1.54 bits per heavy atom. The lowest BCUT2D eigenvalue weighted by Gasteiger charge is -2.43. The van der Waals surface area contributed by atoms with E-state index in [2.05, 4.69) is 16.0 Å². The largest absolute Gasteiger partial charge is 0.369 e. The molecule has 1 saturated heterocycles. The molecule has 1 aromatic heterocycles. The average molecular weight is 332 g/mol. The van der Waals surface area contributed by atoms with Gasteiger partial charge in [0.05, 0.1) is 18.3 Å². The lowest BCUT2D eigenvalue weighted by Crippen LogP contribution is -2.54. The molecule has 1 aliphatic rings. The molecule has 0 radical (unpaired) electrons. The van der Waals surface area contributed by atoms with Gasteiger partial charge in [-0.3, -0.25) is 4.79 Å². The smallest absolute Gasteiger partial charge is 0.248 e. The van der Waals surface area contributed by atoms with E-state index in [-0.39, 0.29) is 24.2 Å². The second kappa shape index (κ2) is 7.60. The second-order valence-electron chi connectivity index (χ2n) is 6.68. The van der Waals surface area contributed by atoms with Crippen molar-refractivity contribution in [2.45, 2.75) is 25.6 Å². The van der Waals surface area contributed by atoms with Crippen molar-refractivity contribution in [2.24, 2.45) is 0 Å². The van der Waals surface area contributed by atoms with E-state index < -0.39 is 0 Å². The number of carbonyl (C=O) groups excluding carboxylic acids is 1. The number of ether oxygens (including phenoxy) is 2. The molecule has 2 heterocycles. The van der Waals surface area contributed by atoms with E-state index in [1.165, 1.54) is 4.90 Å². The molecule has 1 amide bonds. The molecule has 2 rings (SSSR count). The first-order valence-electron chi connectivity index (χ1n) is 7.88. The number of rotatable bonds is 5. The molecule has 0 N–H and O–H groups in total. The minimum atomic E-state index is -0.373. The van der Waals surface area contributed by atoms with Crippen molar-refractivity contribution in [1.82, 2.24) is 9.88 Å². The van der Waals surface area contributed by atoms with Crippen LogP contribution in [0.5, 0.6) is 0 Å². The molecule has 0 bridgehead atoms. The Balaban J connectivity index is 2.01. The molecule has 1 fully saturated rings. The highest BCUT2D eigenvalue weighted by Gasteiger charge is 2.34. The Morgan fingerprint density at radius 2 is 2.29 bits per heavy atom. The molecule has 7 heteroatoms. The van der Waals surface area contributed by atoms with Gasteiger partial charge in [-0.1, -0.05) is 6.07 Å². The van der Waals surface area contributed by atoms with E-state index in [9.17, 15) is 4.79 Å². The Bertz CT molecular complexity index is 625. The number of likely N-dealkylation sites (N-methyl/N-ethyl adjacent to an activating group) is 1. The SMILES string of the molecule is CN(C)C(=O)COC[C@@H]1CN(c2cccc(C#N)n2)CC(C)(C)O1. The van der Waals surface area contributed by atoms with Gasteiger partial charge in [0.1, 0.15) is 24.2 Å². The minimum absolute atomic E-state index is 0.0372. The van der Waals surface area contributed by atoms with Crippen molar-refractivity contribution in [3.63, 3.8) is 0 Å². The summed E-state index contributed by atoms with van der Waals surface area (Å²) < 4.78 is 11.5. The number of hydrogen-bond donors (Lipinski definition) is 0. The number of carbonyl (C=O) groups is 1. The van der Waals surface area contributed by atoms with Crippen molar-refractivity contribution >= 4 is 11.7 Å². The van der Waals surface area contributed by atoms with Crippen LogP contribution in [-0.4, -0.2) is 67.9 Å². The van der Waals surface area contributed by atoms with Crippen LogP contribution in [0.25, 0.3) is 0 Å². The van der Waals surface area contributed by atoms with Crippen LogP contribution in [0, 0.1) is 11.3 Å². The Hall–Kier alpha value is -2.17. The van der Waals surface area contributed by atoms with Crippen molar-refractivity contribution < 1.29 is 14.3 Å². The number of nitrogens with zero attached hydrogens (tertiary/aromatic N) is 4. The number of hydrogen-bond acceptors (Lipinski definition) is 6. The van der Waals surface area contributed by atoms with Gasteiger partial charge in [0.15, 0.2) is 0 Å². The van der Waals surface area contributed by atoms with Gasteiger partial charge in [-0.2, -0.15) is 5.26 Å². The summed E-state index contributed by atoms with van der Waals surface area (Å²) in [6.07, 6.45) is -0.170. The summed E-state index contributed by atoms with van der Waals surface area (Å²) in [5.41, 5.74) is 0.0171. The molecular formula is C17H24N4O3. The number of anilines is 1. The summed E-state index contributed by atoms with van der Waals surface area (Å²) in [4.78, 5) is 19.5. The third-order valence-corrected chi connectivity index (χ3v) is 3.68. The zero-order valence-corrected chi connectivity index (χ0v) is 14.7. The van der Waals surface area contributed by atoms with Gasteiger partial charge in [0, 0.05) is 27.2 Å². The third-order valence-electron chi connectivity index (χ3n) is 3.68. The van der Waals surface area contributed by atoms with Crippen LogP contribution in [0.3, 0.4) is 0 Å². The van der Waals surface area contributed by atoms with Crippen LogP contribution in [-0.2, 0) is 14.3 Å². The lowest BCUT2D eigenvalue weighted by molar-refractivity contribution is -0.139. The van der Waals surface area contributed by atoms with Crippen LogP contribution in [0.2, 0.25) is 0 Å². The molecule has 1 aromatic rings. The minimum Gasteiger partial charge on any atom is -0.369 e. The van der Waals surface area contributed by atoms with E-state index in [0.717, 1.165) is 5.82 Å². The second-order valence-corrected chi connectivity index (χ2v) is 6.68. The first kappa shape index (κ1) is 18.2. The molecule has 1 atom stereocenters. The monoisotopic (exact) mass is 332 g/mol. The topological polar surface area (TPSA) is 78.7 Å². The molecule has 1 aliphatic heterocycles. The predicted molar refractivity (Wildman–Crippen MR) is 89.6 cm³/mol. The Labute approximate surface area is 142 Å². The van der Waals surface area contributed by atoms with Crippen LogP contribution in [0.15, 0.2) is 18.2 Å². The first-order valence-corrected chi connectivity index (χ1v) is 7.88. The third kappa shape index (κ3) is 4.91. The summed E-state index contributed by atoms with van der Waals surface area (Å²) in [6, 6.07) is 7.45. The maximum atomic E-state index is 11.6. The molecule has 7 nitrogen and oxygen atoms in total. The number of aromatic nitrogens is 1. The van der Waals surface area contributed by atoms with E-state index in [1.54, 1.807) is 20.2 Å². The zero-order valence-electron chi connectivity index (χ0n) is 14.7. The van der Waals surface area contributed by atoms with Crippen LogP contribution >= 0.6 is 0 Å². The van der Waals surface area contributed by atoms with Crippen LogP contribution < -0.4 is 4.90 Å². The Morgan fingerprint density at radius 3 is 2.96 bits per heavy atom.